The zero-order valence-corrected chi connectivity index (χ0v) is 24.8. The number of amides is 3. The first-order chi connectivity index (χ1) is 17.8. The van der Waals surface area contributed by atoms with Gasteiger partial charge in [-0.25, -0.2) is 19.4 Å². The van der Waals surface area contributed by atoms with Crippen LogP contribution in [0.15, 0.2) is 12.1 Å². The van der Waals surface area contributed by atoms with Gasteiger partial charge in [0.15, 0.2) is 0 Å². The number of carbonyl (C=O) groups is 4. The molecule has 0 N–H and O–H groups in total. The van der Waals surface area contributed by atoms with Crippen LogP contribution in [0.25, 0.3) is 0 Å². The van der Waals surface area contributed by atoms with Crippen LogP contribution in [0, 0.1) is 12.8 Å². The molecule has 1 saturated heterocycles. The van der Waals surface area contributed by atoms with Gasteiger partial charge in [-0.3, -0.25) is 0 Å². The molecule has 3 amide bonds. The summed E-state index contributed by atoms with van der Waals surface area (Å²) in [6.07, 6.45) is -1.70. The van der Waals surface area contributed by atoms with Crippen LogP contribution in [-0.4, -0.2) is 77.1 Å². The van der Waals surface area contributed by atoms with Crippen LogP contribution in [0.1, 0.15) is 73.6 Å². The third-order valence-electron chi connectivity index (χ3n) is 5.27. The van der Waals surface area contributed by atoms with Gasteiger partial charge in [0.1, 0.15) is 35.5 Å². The van der Waals surface area contributed by atoms with Crippen molar-refractivity contribution in [3.8, 4) is 0 Å². The van der Waals surface area contributed by atoms with Crippen LogP contribution in [-0.2, 0) is 30.2 Å². The van der Waals surface area contributed by atoms with E-state index in [2.05, 4.69) is 4.98 Å². The highest BCUT2D eigenvalue weighted by atomic mass is 16.6. The zero-order valence-electron chi connectivity index (χ0n) is 24.8. The molecule has 0 bridgehead atoms. The lowest BCUT2D eigenvalue weighted by Gasteiger charge is -2.28. The third kappa shape index (κ3) is 10.5. The lowest BCUT2D eigenvalue weighted by atomic mass is 9.99. The fraction of sp³-hybridized carbons (Fsp3) is 0.679. The molecule has 0 unspecified atom stereocenters. The number of hydrogen-bond acceptors (Lipinski definition) is 9. The summed E-state index contributed by atoms with van der Waals surface area (Å²) in [5.74, 6) is -0.156. The Labute approximate surface area is 231 Å². The minimum Gasteiger partial charge on any atom is -0.444 e. The third-order valence-corrected chi connectivity index (χ3v) is 5.27. The average Bonchev–Trinajstić information content (AvgIpc) is 3.10. The number of likely N-dealkylation sites (tertiary alicyclic amines) is 1. The van der Waals surface area contributed by atoms with Crippen LogP contribution in [0.3, 0.4) is 0 Å². The first kappa shape index (κ1) is 32.0. The molecule has 0 saturated carbocycles. The highest BCUT2D eigenvalue weighted by Crippen LogP contribution is 2.28. The first-order valence-electron chi connectivity index (χ1n) is 13.0. The second-order valence-corrected chi connectivity index (χ2v) is 12.7. The quantitative estimate of drug-likeness (QED) is 0.354. The largest absolute Gasteiger partial charge is 0.444 e. The van der Waals surface area contributed by atoms with E-state index < -0.39 is 41.2 Å². The predicted molar refractivity (Wildman–Crippen MR) is 145 cm³/mol. The standard InChI is InChI=1S/C28H43N3O8/c1-18-13-20(15-19-16-30(17-21(19)36-12-11-32)23(33)37-26(2,3)4)29-22(14-18)31(24(34)38-27(5,6)7)25(35)39-28(8,9)10/h11,13-14,19,21H,12,15-17H2,1-10H3/t19-,21+/m1/s1. The second kappa shape index (κ2) is 12.3. The normalized spacial score (nSPS) is 17.9. The predicted octanol–water partition coefficient (Wildman–Crippen LogP) is 5.06. The van der Waals surface area contributed by atoms with Crippen molar-refractivity contribution in [2.24, 2.45) is 5.92 Å². The number of aromatic nitrogens is 1. The number of hydrogen-bond donors (Lipinski definition) is 0. The molecule has 11 heteroatoms. The smallest absolute Gasteiger partial charge is 0.425 e. The van der Waals surface area contributed by atoms with Crippen LogP contribution < -0.4 is 4.90 Å². The summed E-state index contributed by atoms with van der Waals surface area (Å²) in [4.78, 5) is 56.9. The topological polar surface area (TPSA) is 125 Å². The molecule has 1 aromatic heterocycles. The molecule has 2 heterocycles. The van der Waals surface area contributed by atoms with E-state index in [1.54, 1.807) is 73.3 Å². The minimum atomic E-state index is -0.912. The molecular formula is C28H43N3O8. The van der Waals surface area contributed by atoms with E-state index in [1.807, 2.05) is 13.0 Å². The van der Waals surface area contributed by atoms with E-state index in [9.17, 15) is 19.2 Å². The van der Waals surface area contributed by atoms with Gasteiger partial charge < -0.3 is 28.6 Å². The molecule has 2 rings (SSSR count). The average molecular weight is 550 g/mol. The SMILES string of the molecule is Cc1cc(C[C@@H]2CN(C(=O)OC(C)(C)C)C[C@@H]2OCC=O)nc(N(C(=O)OC(C)(C)C)C(=O)OC(C)(C)C)c1. The van der Waals surface area contributed by atoms with Crippen molar-refractivity contribution in [1.29, 1.82) is 0 Å². The summed E-state index contributed by atoms with van der Waals surface area (Å²) in [5.41, 5.74) is -1.06. The van der Waals surface area contributed by atoms with Crippen molar-refractivity contribution in [2.75, 3.05) is 24.6 Å². The number of aldehydes is 1. The Morgan fingerprint density at radius 3 is 1.95 bits per heavy atom. The van der Waals surface area contributed by atoms with Crippen molar-refractivity contribution in [2.45, 2.75) is 98.6 Å². The highest BCUT2D eigenvalue weighted by Gasteiger charge is 2.39. The number of imide groups is 1. The number of rotatable bonds is 6. The Morgan fingerprint density at radius 2 is 1.46 bits per heavy atom. The Kier molecular flexibility index (Phi) is 10.1. The van der Waals surface area contributed by atoms with E-state index in [1.165, 1.54) is 0 Å². The maximum atomic E-state index is 13.1. The monoisotopic (exact) mass is 549 g/mol. The number of anilines is 1. The minimum absolute atomic E-state index is 0.0563. The van der Waals surface area contributed by atoms with Gasteiger partial charge >= 0.3 is 18.3 Å². The van der Waals surface area contributed by atoms with Crippen molar-refractivity contribution >= 4 is 30.4 Å². The van der Waals surface area contributed by atoms with E-state index in [0.29, 0.717) is 24.9 Å². The Morgan fingerprint density at radius 1 is 0.923 bits per heavy atom. The summed E-state index contributed by atoms with van der Waals surface area (Å²) in [5, 5.41) is 0. The molecule has 1 aliphatic rings. The van der Waals surface area contributed by atoms with E-state index in [0.717, 1.165) is 10.5 Å². The molecule has 0 spiro atoms. The van der Waals surface area contributed by atoms with Gasteiger partial charge in [-0.1, -0.05) is 0 Å². The van der Waals surface area contributed by atoms with Gasteiger partial charge in [0, 0.05) is 18.2 Å². The Hall–Kier alpha value is -3.21. The van der Waals surface area contributed by atoms with E-state index in [4.69, 9.17) is 18.9 Å². The van der Waals surface area contributed by atoms with Crippen LogP contribution in [0.4, 0.5) is 20.2 Å². The van der Waals surface area contributed by atoms with Gasteiger partial charge in [-0.05, 0) is 93.4 Å². The second-order valence-electron chi connectivity index (χ2n) is 12.7. The number of aryl methyl sites for hydroxylation is 1. The number of nitrogens with zero attached hydrogens (tertiary/aromatic N) is 3. The maximum Gasteiger partial charge on any atom is 0.425 e. The lowest BCUT2D eigenvalue weighted by Crippen LogP contribution is -2.44. The Bertz CT molecular complexity index is 1020. The molecule has 0 aliphatic carbocycles. The molecule has 1 fully saturated rings. The van der Waals surface area contributed by atoms with E-state index in [-0.39, 0.29) is 24.9 Å². The molecule has 1 aromatic rings. The van der Waals surface area contributed by atoms with Gasteiger partial charge in [-0.2, -0.15) is 4.90 Å². The van der Waals surface area contributed by atoms with Crippen LogP contribution in [0.2, 0.25) is 0 Å². The van der Waals surface area contributed by atoms with Gasteiger partial charge in [-0.15, -0.1) is 0 Å². The Balaban J connectivity index is 2.39. The van der Waals surface area contributed by atoms with Crippen molar-refractivity contribution in [3.05, 3.63) is 23.4 Å². The van der Waals surface area contributed by atoms with Crippen molar-refractivity contribution in [3.63, 3.8) is 0 Å². The molecular weight excluding hydrogens is 506 g/mol. The highest BCUT2D eigenvalue weighted by molar-refractivity contribution is 6.08. The molecule has 218 valence electrons. The number of ether oxygens (including phenoxy) is 4. The van der Waals surface area contributed by atoms with Crippen LogP contribution >= 0.6 is 0 Å². The molecule has 2 atom stereocenters. The van der Waals surface area contributed by atoms with Crippen molar-refractivity contribution < 1.29 is 38.1 Å². The van der Waals surface area contributed by atoms with Gasteiger partial charge in [0.25, 0.3) is 0 Å². The summed E-state index contributed by atoms with van der Waals surface area (Å²) in [7, 11) is 0. The zero-order chi connectivity index (χ0) is 29.8. The van der Waals surface area contributed by atoms with Gasteiger partial charge in [0.05, 0.1) is 12.6 Å². The fourth-order valence-corrected chi connectivity index (χ4v) is 3.95. The summed E-state index contributed by atoms with van der Waals surface area (Å²) >= 11 is 0. The van der Waals surface area contributed by atoms with E-state index >= 15 is 0 Å². The molecule has 39 heavy (non-hydrogen) atoms. The molecule has 1 aliphatic heterocycles. The number of carbonyl (C=O) groups excluding carboxylic acids is 4. The van der Waals surface area contributed by atoms with Gasteiger partial charge in [0.2, 0.25) is 0 Å². The first-order valence-corrected chi connectivity index (χ1v) is 13.0. The number of pyridine rings is 1. The lowest BCUT2D eigenvalue weighted by molar-refractivity contribution is -0.114. The fourth-order valence-electron chi connectivity index (χ4n) is 3.95. The summed E-state index contributed by atoms with van der Waals surface area (Å²) in [6.45, 7) is 17.8. The van der Waals surface area contributed by atoms with Crippen molar-refractivity contribution in [1.82, 2.24) is 9.88 Å². The molecule has 0 aromatic carbocycles. The summed E-state index contributed by atoms with van der Waals surface area (Å²) in [6, 6.07) is 3.43. The summed E-state index contributed by atoms with van der Waals surface area (Å²) < 4.78 is 22.2. The molecule has 0 radical (unpaired) electrons. The van der Waals surface area contributed by atoms with Crippen LogP contribution in [0.5, 0.6) is 0 Å². The maximum absolute atomic E-state index is 13.1. The molecule has 11 nitrogen and oxygen atoms in total.